The number of nitrogens with zero attached hydrogens (tertiary/aromatic N) is 4. The quantitative estimate of drug-likeness (QED) is 0.664. The number of piperazine rings is 1. The smallest absolute Gasteiger partial charge is 0.282 e. The van der Waals surface area contributed by atoms with Crippen LogP contribution >= 0.6 is 11.6 Å². The van der Waals surface area contributed by atoms with Gasteiger partial charge in [-0.25, -0.2) is 0 Å². The average Bonchev–Trinajstić information content (AvgIpc) is 2.78. The molecular formula is C21H30ClN5O3S. The first-order valence-corrected chi connectivity index (χ1v) is 12.5. The van der Waals surface area contributed by atoms with Crippen LogP contribution in [0.3, 0.4) is 0 Å². The van der Waals surface area contributed by atoms with E-state index in [2.05, 4.69) is 10.2 Å². The maximum Gasteiger partial charge on any atom is 0.282 e. The number of carbonyl (C=O) groups excluding carboxylic acids is 1. The van der Waals surface area contributed by atoms with Crippen LogP contribution in [0.2, 0.25) is 5.02 Å². The molecule has 2 fully saturated rings. The molecule has 1 N–H and O–H groups in total. The van der Waals surface area contributed by atoms with Gasteiger partial charge in [0.05, 0.1) is 10.6 Å². The first-order valence-electron chi connectivity index (χ1n) is 10.8. The maximum absolute atomic E-state index is 13.0. The Balaban J connectivity index is 1.44. The summed E-state index contributed by atoms with van der Waals surface area (Å²) in [4.78, 5) is 14.4. The molecule has 0 atom stereocenters. The molecule has 1 saturated carbocycles. The molecule has 1 aliphatic carbocycles. The molecule has 0 spiro atoms. The SMILES string of the molecule is CN(C1CCCCC1)S(=O)(=O)N1CCN(CCC(=O)Nc2ccc(C#N)c(Cl)c2)CC1. The van der Waals surface area contributed by atoms with Crippen molar-refractivity contribution in [1.82, 2.24) is 13.5 Å². The van der Waals surface area contributed by atoms with Gasteiger partial charge in [0.1, 0.15) is 6.07 Å². The summed E-state index contributed by atoms with van der Waals surface area (Å²) in [5.74, 6) is -0.146. The van der Waals surface area contributed by atoms with Crippen molar-refractivity contribution < 1.29 is 13.2 Å². The van der Waals surface area contributed by atoms with Crippen LogP contribution in [0, 0.1) is 11.3 Å². The number of anilines is 1. The Kier molecular flexibility index (Phi) is 8.30. The summed E-state index contributed by atoms with van der Waals surface area (Å²) in [6, 6.07) is 6.87. The largest absolute Gasteiger partial charge is 0.326 e. The Morgan fingerprint density at radius 3 is 2.52 bits per heavy atom. The van der Waals surface area contributed by atoms with Crippen LogP contribution in [0.4, 0.5) is 5.69 Å². The van der Waals surface area contributed by atoms with Crippen molar-refractivity contribution in [2.24, 2.45) is 0 Å². The fraction of sp³-hybridized carbons (Fsp3) is 0.619. The molecule has 0 bridgehead atoms. The zero-order chi connectivity index (χ0) is 22.4. The second-order valence-corrected chi connectivity index (χ2v) is 10.6. The Morgan fingerprint density at radius 2 is 1.90 bits per heavy atom. The number of hydrogen-bond donors (Lipinski definition) is 1. The highest BCUT2D eigenvalue weighted by Crippen LogP contribution is 2.25. The normalized spacial score (nSPS) is 19.3. The maximum atomic E-state index is 13.0. The number of rotatable bonds is 7. The van der Waals surface area contributed by atoms with Crippen molar-refractivity contribution in [1.29, 1.82) is 5.26 Å². The number of carbonyl (C=O) groups is 1. The molecule has 1 aromatic rings. The highest BCUT2D eigenvalue weighted by molar-refractivity contribution is 7.86. The second-order valence-electron chi connectivity index (χ2n) is 8.16. The van der Waals surface area contributed by atoms with Gasteiger partial charge in [-0.15, -0.1) is 0 Å². The van der Waals surface area contributed by atoms with Gasteiger partial charge in [0.15, 0.2) is 0 Å². The monoisotopic (exact) mass is 467 g/mol. The lowest BCUT2D eigenvalue weighted by atomic mass is 9.96. The van der Waals surface area contributed by atoms with Crippen molar-refractivity contribution in [3.63, 3.8) is 0 Å². The Morgan fingerprint density at radius 1 is 1.23 bits per heavy atom. The van der Waals surface area contributed by atoms with Crippen molar-refractivity contribution >= 4 is 33.4 Å². The highest BCUT2D eigenvalue weighted by atomic mass is 35.5. The lowest BCUT2D eigenvalue weighted by molar-refractivity contribution is -0.116. The van der Waals surface area contributed by atoms with E-state index >= 15 is 0 Å². The molecule has 1 amide bonds. The predicted molar refractivity (Wildman–Crippen MR) is 121 cm³/mol. The Labute approximate surface area is 189 Å². The summed E-state index contributed by atoms with van der Waals surface area (Å²) >= 11 is 5.99. The van der Waals surface area contributed by atoms with Crippen LogP contribution in [-0.4, -0.2) is 73.6 Å². The van der Waals surface area contributed by atoms with Crippen LogP contribution in [0.1, 0.15) is 44.1 Å². The average molecular weight is 468 g/mol. The Bertz CT molecular complexity index is 919. The number of halogens is 1. The third-order valence-corrected chi connectivity index (χ3v) is 8.50. The topological polar surface area (TPSA) is 96.8 Å². The molecule has 8 nitrogen and oxygen atoms in total. The van der Waals surface area contributed by atoms with Crippen LogP contribution in [0.5, 0.6) is 0 Å². The van der Waals surface area contributed by atoms with Crippen molar-refractivity contribution in [3.8, 4) is 6.07 Å². The van der Waals surface area contributed by atoms with Gasteiger partial charge in [-0.2, -0.15) is 22.3 Å². The van der Waals surface area contributed by atoms with Crippen LogP contribution in [0.15, 0.2) is 18.2 Å². The summed E-state index contributed by atoms with van der Waals surface area (Å²) in [6.07, 6.45) is 5.55. The molecule has 0 aromatic heterocycles. The highest BCUT2D eigenvalue weighted by Gasteiger charge is 2.34. The van der Waals surface area contributed by atoms with E-state index < -0.39 is 10.2 Å². The summed E-state index contributed by atoms with van der Waals surface area (Å²) in [7, 11) is -1.74. The summed E-state index contributed by atoms with van der Waals surface area (Å²) in [6.45, 7) is 2.64. The Hall–Kier alpha value is -1.70. The minimum absolute atomic E-state index is 0.108. The van der Waals surface area contributed by atoms with Gasteiger partial charge in [0.2, 0.25) is 5.91 Å². The van der Waals surface area contributed by atoms with Gasteiger partial charge in [0.25, 0.3) is 10.2 Å². The van der Waals surface area contributed by atoms with E-state index in [0.29, 0.717) is 55.4 Å². The van der Waals surface area contributed by atoms with Gasteiger partial charge in [0, 0.05) is 57.9 Å². The van der Waals surface area contributed by atoms with Crippen molar-refractivity contribution in [3.05, 3.63) is 28.8 Å². The first kappa shape index (κ1) is 24.0. The van der Waals surface area contributed by atoms with Gasteiger partial charge in [-0.1, -0.05) is 30.9 Å². The van der Waals surface area contributed by atoms with E-state index in [1.807, 2.05) is 6.07 Å². The summed E-state index contributed by atoms with van der Waals surface area (Å²) < 4.78 is 29.1. The minimum Gasteiger partial charge on any atom is -0.326 e. The molecule has 31 heavy (non-hydrogen) atoms. The zero-order valence-corrected chi connectivity index (χ0v) is 19.5. The fourth-order valence-electron chi connectivity index (χ4n) is 4.17. The van der Waals surface area contributed by atoms with E-state index in [0.717, 1.165) is 25.7 Å². The lowest BCUT2D eigenvalue weighted by Crippen LogP contribution is -2.54. The van der Waals surface area contributed by atoms with Gasteiger partial charge < -0.3 is 10.2 Å². The van der Waals surface area contributed by atoms with E-state index in [4.69, 9.17) is 16.9 Å². The molecule has 10 heteroatoms. The molecule has 1 aromatic carbocycles. The van der Waals surface area contributed by atoms with Crippen LogP contribution in [-0.2, 0) is 15.0 Å². The summed E-state index contributed by atoms with van der Waals surface area (Å²) in [5, 5.41) is 12.0. The van der Waals surface area contributed by atoms with E-state index in [9.17, 15) is 13.2 Å². The van der Waals surface area contributed by atoms with Crippen LogP contribution in [0.25, 0.3) is 0 Å². The number of hydrogen-bond acceptors (Lipinski definition) is 5. The van der Waals surface area contributed by atoms with Gasteiger partial charge in [-0.3, -0.25) is 4.79 Å². The number of nitriles is 1. The molecule has 0 radical (unpaired) electrons. The zero-order valence-electron chi connectivity index (χ0n) is 17.9. The first-order chi connectivity index (χ1) is 14.8. The molecular weight excluding hydrogens is 438 g/mol. The third-order valence-electron chi connectivity index (χ3n) is 6.14. The number of amides is 1. The van der Waals surface area contributed by atoms with E-state index in [-0.39, 0.29) is 11.9 Å². The van der Waals surface area contributed by atoms with Crippen molar-refractivity contribution in [2.75, 3.05) is 45.1 Å². The molecule has 2 aliphatic rings. The molecule has 3 rings (SSSR count). The molecule has 0 unspecified atom stereocenters. The molecule has 1 saturated heterocycles. The van der Waals surface area contributed by atoms with Gasteiger partial charge in [-0.05, 0) is 31.0 Å². The van der Waals surface area contributed by atoms with E-state index in [1.54, 1.807) is 33.9 Å². The standard InChI is InChI=1S/C21H30ClN5O3S/c1-25(19-5-3-2-4-6-19)31(29,30)27-13-11-26(12-14-27)10-9-21(28)24-18-8-7-17(16-23)20(22)15-18/h7-8,15,19H,2-6,9-14H2,1H3,(H,24,28). The number of benzene rings is 1. The molecule has 1 aliphatic heterocycles. The predicted octanol–water partition coefficient (Wildman–Crippen LogP) is 2.67. The van der Waals surface area contributed by atoms with Crippen LogP contribution < -0.4 is 5.32 Å². The summed E-state index contributed by atoms with van der Waals surface area (Å²) in [5.41, 5.74) is 0.914. The van der Waals surface area contributed by atoms with Gasteiger partial charge >= 0.3 is 0 Å². The lowest BCUT2D eigenvalue weighted by Gasteiger charge is -2.38. The minimum atomic E-state index is -3.44. The molecule has 170 valence electrons. The second kappa shape index (κ2) is 10.7. The van der Waals surface area contributed by atoms with E-state index in [1.165, 1.54) is 6.42 Å². The fourth-order valence-corrected chi connectivity index (χ4v) is 5.97. The van der Waals surface area contributed by atoms with Crippen molar-refractivity contribution in [2.45, 2.75) is 44.6 Å². The number of nitrogens with one attached hydrogen (secondary N) is 1. The third kappa shape index (κ3) is 6.18. The molecule has 1 heterocycles.